The van der Waals surface area contributed by atoms with Crippen molar-refractivity contribution in [1.82, 2.24) is 0 Å². The minimum absolute atomic E-state index is 0.249. The maximum Gasteiger partial charge on any atom is 0.460 e. The SMILES string of the molecule is CC(O)(CC(F)(F)C(F)(F)C(F)(F)C(F)(F)C(F)(F)C(F)(F)F)c1ccc([N+](=O)[O-])cc1. The summed E-state index contributed by atoms with van der Waals surface area (Å²) in [5.41, 5.74) is -4.89. The van der Waals surface area contributed by atoms with Crippen LogP contribution in [0.15, 0.2) is 24.3 Å². The number of benzene rings is 1. The van der Waals surface area contributed by atoms with Gasteiger partial charge in [0.15, 0.2) is 0 Å². The van der Waals surface area contributed by atoms with Crippen molar-refractivity contribution >= 4 is 5.69 Å². The van der Waals surface area contributed by atoms with E-state index in [1.165, 1.54) is 0 Å². The molecule has 184 valence electrons. The van der Waals surface area contributed by atoms with Crippen molar-refractivity contribution in [2.75, 3.05) is 0 Å². The molecule has 0 heterocycles. The molecule has 17 heteroatoms. The first-order valence-electron chi connectivity index (χ1n) is 7.80. The van der Waals surface area contributed by atoms with E-state index in [0.29, 0.717) is 24.3 Å². The van der Waals surface area contributed by atoms with Crippen LogP contribution in [0.4, 0.5) is 62.8 Å². The van der Waals surface area contributed by atoms with E-state index in [1.807, 2.05) is 0 Å². The van der Waals surface area contributed by atoms with Crippen molar-refractivity contribution in [2.24, 2.45) is 0 Å². The average Bonchev–Trinajstić information content (AvgIpc) is 2.59. The van der Waals surface area contributed by atoms with Crippen molar-refractivity contribution < 1.29 is 67.1 Å². The molecule has 0 aliphatic carbocycles. The van der Waals surface area contributed by atoms with Gasteiger partial charge in [0.1, 0.15) is 0 Å². The molecule has 32 heavy (non-hydrogen) atoms. The molecule has 0 bridgehead atoms. The Morgan fingerprint density at radius 2 is 1.12 bits per heavy atom. The summed E-state index contributed by atoms with van der Waals surface area (Å²) in [6.07, 6.45) is -10.4. The van der Waals surface area contributed by atoms with Crippen molar-refractivity contribution in [3.63, 3.8) is 0 Å². The lowest BCUT2D eigenvalue weighted by Crippen LogP contribution is -2.70. The minimum Gasteiger partial charge on any atom is -0.385 e. The molecule has 1 N–H and O–H groups in total. The van der Waals surface area contributed by atoms with Crippen LogP contribution in [0.2, 0.25) is 0 Å². The highest BCUT2D eigenvalue weighted by Gasteiger charge is 2.90. The highest BCUT2D eigenvalue weighted by molar-refractivity contribution is 5.35. The largest absolute Gasteiger partial charge is 0.460 e. The maximum absolute atomic E-state index is 13.9. The third-order valence-corrected chi connectivity index (χ3v) is 4.26. The van der Waals surface area contributed by atoms with Crippen molar-refractivity contribution in [1.29, 1.82) is 0 Å². The zero-order valence-electron chi connectivity index (χ0n) is 15.1. The van der Waals surface area contributed by atoms with Gasteiger partial charge in [0.25, 0.3) is 5.69 Å². The van der Waals surface area contributed by atoms with Gasteiger partial charge in [-0.1, -0.05) is 0 Å². The summed E-state index contributed by atoms with van der Waals surface area (Å²) in [4.78, 5) is 9.48. The molecule has 0 saturated heterocycles. The van der Waals surface area contributed by atoms with Crippen LogP contribution in [0.5, 0.6) is 0 Å². The number of nitro benzene ring substituents is 1. The molecular formula is C15H10F13NO3. The Kier molecular flexibility index (Phi) is 6.60. The van der Waals surface area contributed by atoms with Gasteiger partial charge in [0.05, 0.1) is 16.9 Å². The Balaban J connectivity index is 3.42. The summed E-state index contributed by atoms with van der Waals surface area (Å²) in [5, 5.41) is 20.4. The number of non-ortho nitro benzene ring substituents is 1. The number of hydrogen-bond acceptors (Lipinski definition) is 3. The number of aliphatic hydroxyl groups is 1. The van der Waals surface area contributed by atoms with Gasteiger partial charge in [-0.3, -0.25) is 10.1 Å². The van der Waals surface area contributed by atoms with E-state index in [0.717, 1.165) is 0 Å². The van der Waals surface area contributed by atoms with Crippen molar-refractivity contribution in [3.05, 3.63) is 39.9 Å². The van der Waals surface area contributed by atoms with Crippen LogP contribution >= 0.6 is 0 Å². The van der Waals surface area contributed by atoms with Gasteiger partial charge in [-0.25, -0.2) is 0 Å². The lowest BCUT2D eigenvalue weighted by molar-refractivity contribution is -0.441. The number of halogens is 13. The Labute approximate surface area is 168 Å². The molecule has 0 aromatic heterocycles. The molecule has 0 aliphatic heterocycles. The first kappa shape index (κ1) is 27.7. The minimum atomic E-state index is -8.04. The Morgan fingerprint density at radius 1 is 0.750 bits per heavy atom. The lowest BCUT2D eigenvalue weighted by Gasteiger charge is -2.41. The van der Waals surface area contributed by atoms with Crippen LogP contribution in [0.1, 0.15) is 18.9 Å². The van der Waals surface area contributed by atoms with E-state index in [-0.39, 0.29) is 6.92 Å². The Hall–Kier alpha value is -2.33. The summed E-state index contributed by atoms with van der Waals surface area (Å²) >= 11 is 0. The molecule has 1 atom stereocenters. The van der Waals surface area contributed by atoms with Gasteiger partial charge in [-0.05, 0) is 24.6 Å². The van der Waals surface area contributed by atoms with Gasteiger partial charge in [0.2, 0.25) is 0 Å². The monoisotopic (exact) mass is 499 g/mol. The van der Waals surface area contributed by atoms with Crippen LogP contribution < -0.4 is 0 Å². The van der Waals surface area contributed by atoms with Gasteiger partial charge >= 0.3 is 35.8 Å². The summed E-state index contributed by atoms with van der Waals surface area (Å²) in [6, 6.07) is 2.09. The normalized spacial score (nSPS) is 16.6. The number of nitrogens with zero attached hydrogens (tertiary/aromatic N) is 1. The summed E-state index contributed by atoms with van der Waals surface area (Å²) in [6.45, 7) is 0.249. The molecule has 0 spiro atoms. The molecule has 1 aromatic rings. The van der Waals surface area contributed by atoms with Crippen LogP contribution in [-0.2, 0) is 5.60 Å². The van der Waals surface area contributed by atoms with Crippen LogP contribution in [0.3, 0.4) is 0 Å². The number of nitro groups is 1. The Bertz CT molecular complexity index is 847. The molecule has 0 amide bonds. The first-order chi connectivity index (χ1) is 13.9. The fraction of sp³-hybridized carbons (Fsp3) is 0.600. The number of rotatable bonds is 8. The van der Waals surface area contributed by atoms with E-state index in [1.54, 1.807) is 0 Å². The maximum atomic E-state index is 13.9. The third kappa shape index (κ3) is 4.17. The van der Waals surface area contributed by atoms with E-state index in [9.17, 15) is 72.3 Å². The molecule has 4 nitrogen and oxygen atoms in total. The predicted molar refractivity (Wildman–Crippen MR) is 78.1 cm³/mol. The van der Waals surface area contributed by atoms with Crippen molar-refractivity contribution in [3.8, 4) is 0 Å². The average molecular weight is 499 g/mol. The lowest BCUT2D eigenvalue weighted by atomic mass is 9.84. The Morgan fingerprint density at radius 3 is 1.47 bits per heavy atom. The quantitative estimate of drug-likeness (QED) is 0.274. The third-order valence-electron chi connectivity index (χ3n) is 4.26. The van der Waals surface area contributed by atoms with Gasteiger partial charge < -0.3 is 5.11 Å². The first-order valence-corrected chi connectivity index (χ1v) is 7.80. The molecule has 0 radical (unpaired) electrons. The highest BCUT2D eigenvalue weighted by atomic mass is 19.4. The number of hydrogen-bond donors (Lipinski definition) is 1. The molecular weight excluding hydrogens is 489 g/mol. The summed E-state index contributed by atoms with van der Waals surface area (Å²) in [5.74, 6) is -37.9. The zero-order chi connectivity index (χ0) is 25.8. The van der Waals surface area contributed by atoms with Crippen molar-refractivity contribution in [2.45, 2.75) is 54.7 Å². The molecule has 1 rings (SSSR count). The summed E-state index contributed by atoms with van der Waals surface area (Å²) < 4.78 is 170. The van der Waals surface area contributed by atoms with Crippen LogP contribution in [0, 0.1) is 10.1 Å². The second-order valence-electron chi connectivity index (χ2n) is 6.75. The standard InChI is InChI=1S/C15H10F13NO3/c1-9(30,7-2-4-8(5-3-7)29(31)32)6-10(16,17)11(18,19)12(20,21)13(22,23)14(24,25)15(26,27)28/h2-5,30H,6H2,1H3. The number of alkyl halides is 13. The second kappa shape index (κ2) is 7.62. The van der Waals surface area contributed by atoms with E-state index >= 15 is 0 Å². The fourth-order valence-electron chi connectivity index (χ4n) is 2.39. The molecule has 0 saturated carbocycles. The fourth-order valence-corrected chi connectivity index (χ4v) is 2.39. The predicted octanol–water partition coefficient (Wildman–Crippen LogP) is 5.93. The smallest absolute Gasteiger partial charge is 0.385 e. The molecule has 1 unspecified atom stereocenters. The van der Waals surface area contributed by atoms with E-state index in [2.05, 4.69) is 0 Å². The second-order valence-corrected chi connectivity index (χ2v) is 6.75. The molecule has 0 aliphatic rings. The zero-order valence-corrected chi connectivity index (χ0v) is 15.1. The van der Waals surface area contributed by atoms with Crippen LogP contribution in [0.25, 0.3) is 0 Å². The van der Waals surface area contributed by atoms with E-state index in [4.69, 9.17) is 0 Å². The molecule has 0 fully saturated rings. The highest BCUT2D eigenvalue weighted by Crippen LogP contribution is 2.61. The molecule has 1 aromatic carbocycles. The van der Waals surface area contributed by atoms with Gasteiger partial charge in [-0.2, -0.15) is 57.1 Å². The van der Waals surface area contributed by atoms with Gasteiger partial charge in [-0.15, -0.1) is 0 Å². The summed E-state index contributed by atoms with van der Waals surface area (Å²) in [7, 11) is 0. The van der Waals surface area contributed by atoms with Gasteiger partial charge in [0, 0.05) is 12.1 Å². The topological polar surface area (TPSA) is 63.4 Å². The van der Waals surface area contributed by atoms with Crippen LogP contribution in [-0.4, -0.2) is 45.8 Å². The van der Waals surface area contributed by atoms with E-state index < -0.39 is 64.0 Å².